The standard InChI is InChI=1S/C17H28N2/c1-12(2)17(11-18,19(3)4)16-8-13-5-14(9-16)7-15(6-13)10-16/h12-15H,5-10H2,1-4H3. The number of nitrogens with zero attached hydrogens (tertiary/aromatic N) is 2. The summed E-state index contributed by atoms with van der Waals surface area (Å²) in [6.07, 6.45) is 8.28. The molecule has 0 heterocycles. The Bertz CT molecular complexity index is 359. The molecule has 0 saturated heterocycles. The number of hydrogen-bond acceptors (Lipinski definition) is 2. The van der Waals surface area contributed by atoms with Crippen molar-refractivity contribution in [3.05, 3.63) is 0 Å². The predicted molar refractivity (Wildman–Crippen MR) is 77.5 cm³/mol. The zero-order chi connectivity index (χ0) is 13.8. The average molecular weight is 260 g/mol. The van der Waals surface area contributed by atoms with E-state index in [1.807, 2.05) is 0 Å². The highest BCUT2D eigenvalue weighted by atomic mass is 15.2. The van der Waals surface area contributed by atoms with E-state index in [1.165, 1.54) is 38.5 Å². The lowest BCUT2D eigenvalue weighted by molar-refractivity contribution is -0.132. The van der Waals surface area contributed by atoms with Crippen LogP contribution in [-0.2, 0) is 0 Å². The first-order valence-corrected chi connectivity index (χ1v) is 8.02. The largest absolute Gasteiger partial charge is 0.291 e. The Hall–Kier alpha value is -0.550. The summed E-state index contributed by atoms with van der Waals surface area (Å²) in [4.78, 5) is 2.25. The smallest absolute Gasteiger partial charge is 0.116 e. The van der Waals surface area contributed by atoms with Crippen LogP contribution in [-0.4, -0.2) is 24.5 Å². The highest BCUT2D eigenvalue weighted by molar-refractivity contribution is 5.23. The first-order valence-electron chi connectivity index (χ1n) is 8.02. The zero-order valence-electron chi connectivity index (χ0n) is 12.9. The molecule has 19 heavy (non-hydrogen) atoms. The molecule has 0 aromatic rings. The van der Waals surface area contributed by atoms with Gasteiger partial charge in [-0.1, -0.05) is 13.8 Å². The maximum atomic E-state index is 10.1. The molecule has 4 rings (SSSR count). The van der Waals surface area contributed by atoms with Crippen molar-refractivity contribution in [2.75, 3.05) is 14.1 Å². The Labute approximate surface area is 118 Å². The van der Waals surface area contributed by atoms with Crippen LogP contribution in [0.15, 0.2) is 0 Å². The fraction of sp³-hybridized carbons (Fsp3) is 0.941. The lowest BCUT2D eigenvalue weighted by atomic mass is 9.43. The molecule has 0 aromatic heterocycles. The maximum absolute atomic E-state index is 10.1. The molecule has 4 aliphatic rings. The number of nitriles is 1. The second kappa shape index (κ2) is 4.22. The van der Waals surface area contributed by atoms with Crippen LogP contribution in [0, 0.1) is 40.4 Å². The van der Waals surface area contributed by atoms with E-state index in [-0.39, 0.29) is 11.0 Å². The minimum Gasteiger partial charge on any atom is -0.291 e. The van der Waals surface area contributed by atoms with E-state index in [4.69, 9.17) is 0 Å². The Balaban J connectivity index is 2.05. The summed E-state index contributed by atoms with van der Waals surface area (Å²) < 4.78 is 0. The number of hydrogen-bond donors (Lipinski definition) is 0. The molecule has 0 aliphatic heterocycles. The Kier molecular flexibility index (Phi) is 2.98. The molecule has 0 spiro atoms. The van der Waals surface area contributed by atoms with E-state index in [2.05, 4.69) is 38.9 Å². The van der Waals surface area contributed by atoms with Crippen LogP contribution in [0.1, 0.15) is 52.4 Å². The number of rotatable bonds is 3. The topological polar surface area (TPSA) is 27.0 Å². The summed E-state index contributed by atoms with van der Waals surface area (Å²) in [6, 6.07) is 2.80. The maximum Gasteiger partial charge on any atom is 0.116 e. The van der Waals surface area contributed by atoms with Gasteiger partial charge in [-0.15, -0.1) is 0 Å². The van der Waals surface area contributed by atoms with Crippen molar-refractivity contribution >= 4 is 0 Å². The molecular formula is C17H28N2. The normalized spacial score (nSPS) is 43.5. The molecule has 4 aliphatic carbocycles. The molecule has 1 atom stereocenters. The van der Waals surface area contributed by atoms with Gasteiger partial charge in [0.1, 0.15) is 5.54 Å². The Morgan fingerprint density at radius 1 is 1.05 bits per heavy atom. The van der Waals surface area contributed by atoms with E-state index in [9.17, 15) is 5.26 Å². The lowest BCUT2D eigenvalue weighted by Gasteiger charge is -2.64. The highest BCUT2D eigenvalue weighted by Crippen LogP contribution is 2.65. The van der Waals surface area contributed by atoms with Crippen molar-refractivity contribution in [2.45, 2.75) is 57.9 Å². The lowest BCUT2D eigenvalue weighted by Crippen LogP contribution is -2.65. The third-order valence-electron chi connectivity index (χ3n) is 6.56. The Morgan fingerprint density at radius 3 is 1.74 bits per heavy atom. The first kappa shape index (κ1) is 13.4. The Morgan fingerprint density at radius 2 is 1.47 bits per heavy atom. The zero-order valence-corrected chi connectivity index (χ0v) is 12.9. The summed E-state index contributed by atoms with van der Waals surface area (Å²) in [5.41, 5.74) is 0.0111. The van der Waals surface area contributed by atoms with Crippen molar-refractivity contribution in [2.24, 2.45) is 29.1 Å². The molecule has 0 aromatic carbocycles. The molecule has 2 nitrogen and oxygen atoms in total. The molecule has 4 saturated carbocycles. The molecule has 106 valence electrons. The van der Waals surface area contributed by atoms with Crippen molar-refractivity contribution in [1.82, 2.24) is 4.90 Å². The average Bonchev–Trinajstić information content (AvgIpc) is 2.26. The molecule has 0 amide bonds. The van der Waals surface area contributed by atoms with E-state index in [0.717, 1.165) is 17.8 Å². The van der Waals surface area contributed by atoms with Crippen LogP contribution in [0.5, 0.6) is 0 Å². The van der Waals surface area contributed by atoms with Crippen LogP contribution < -0.4 is 0 Å². The molecule has 0 radical (unpaired) electrons. The summed E-state index contributed by atoms with van der Waals surface area (Å²) in [7, 11) is 4.25. The minimum atomic E-state index is -0.261. The fourth-order valence-electron chi connectivity index (χ4n) is 6.53. The summed E-state index contributed by atoms with van der Waals surface area (Å²) >= 11 is 0. The van der Waals surface area contributed by atoms with Gasteiger partial charge >= 0.3 is 0 Å². The van der Waals surface area contributed by atoms with Crippen molar-refractivity contribution in [3.8, 4) is 6.07 Å². The van der Waals surface area contributed by atoms with Gasteiger partial charge in [0.25, 0.3) is 0 Å². The van der Waals surface area contributed by atoms with E-state index < -0.39 is 0 Å². The molecule has 0 N–H and O–H groups in total. The summed E-state index contributed by atoms with van der Waals surface area (Å²) in [6.45, 7) is 4.50. The van der Waals surface area contributed by atoms with Gasteiger partial charge < -0.3 is 0 Å². The molecule has 2 heteroatoms. The van der Waals surface area contributed by atoms with Gasteiger partial charge in [0, 0.05) is 5.41 Å². The quantitative estimate of drug-likeness (QED) is 0.774. The van der Waals surface area contributed by atoms with Crippen molar-refractivity contribution < 1.29 is 0 Å². The van der Waals surface area contributed by atoms with Gasteiger partial charge in [0.05, 0.1) is 6.07 Å². The molecular weight excluding hydrogens is 232 g/mol. The minimum absolute atomic E-state index is 0.261. The molecule has 4 bridgehead atoms. The van der Waals surface area contributed by atoms with Gasteiger partial charge in [-0.25, -0.2) is 0 Å². The van der Waals surface area contributed by atoms with Crippen molar-refractivity contribution in [3.63, 3.8) is 0 Å². The second-order valence-electron chi connectivity index (χ2n) is 8.13. The van der Waals surface area contributed by atoms with Gasteiger partial charge in [-0.3, -0.25) is 4.90 Å². The first-order chi connectivity index (χ1) is 8.93. The van der Waals surface area contributed by atoms with E-state index in [1.54, 1.807) is 0 Å². The second-order valence-corrected chi connectivity index (χ2v) is 8.13. The van der Waals surface area contributed by atoms with Gasteiger partial charge in [0.15, 0.2) is 0 Å². The summed E-state index contributed by atoms with van der Waals surface area (Å²) in [5, 5.41) is 10.1. The van der Waals surface area contributed by atoms with E-state index >= 15 is 0 Å². The predicted octanol–water partition coefficient (Wildman–Crippen LogP) is 3.68. The monoisotopic (exact) mass is 260 g/mol. The van der Waals surface area contributed by atoms with E-state index in [0.29, 0.717) is 5.92 Å². The van der Waals surface area contributed by atoms with Crippen LogP contribution in [0.4, 0.5) is 0 Å². The van der Waals surface area contributed by atoms with Gasteiger partial charge in [-0.2, -0.15) is 5.26 Å². The highest BCUT2D eigenvalue weighted by Gasteiger charge is 2.62. The van der Waals surface area contributed by atoms with Gasteiger partial charge in [-0.05, 0) is 76.3 Å². The van der Waals surface area contributed by atoms with Crippen LogP contribution in [0.2, 0.25) is 0 Å². The van der Waals surface area contributed by atoms with Gasteiger partial charge in [0.2, 0.25) is 0 Å². The third-order valence-corrected chi connectivity index (χ3v) is 6.56. The SMILES string of the molecule is CC(C)C(C#N)(N(C)C)C12CC3CC(CC(C3)C1)C2. The van der Waals surface area contributed by atoms with Crippen molar-refractivity contribution in [1.29, 1.82) is 5.26 Å². The van der Waals surface area contributed by atoms with Crippen LogP contribution in [0.25, 0.3) is 0 Å². The third kappa shape index (κ3) is 1.64. The van der Waals surface area contributed by atoms with Crippen LogP contribution >= 0.6 is 0 Å². The molecule has 1 unspecified atom stereocenters. The van der Waals surface area contributed by atoms with Crippen LogP contribution in [0.3, 0.4) is 0 Å². The molecule has 4 fully saturated rings. The summed E-state index contributed by atoms with van der Waals surface area (Å²) in [5.74, 6) is 3.15. The fourth-order valence-corrected chi connectivity index (χ4v) is 6.53.